The highest BCUT2D eigenvalue weighted by molar-refractivity contribution is 5.80. The van der Waals surface area contributed by atoms with Crippen LogP contribution < -0.4 is 24.7 Å². The summed E-state index contributed by atoms with van der Waals surface area (Å²) in [6.45, 7) is 7.39. The fourth-order valence-electron chi connectivity index (χ4n) is 2.93. The summed E-state index contributed by atoms with van der Waals surface area (Å²) in [5.41, 5.74) is 7.86. The predicted octanol–water partition coefficient (Wildman–Crippen LogP) is 3.78. The first-order valence-electron chi connectivity index (χ1n) is 10.1. The van der Waals surface area contributed by atoms with Crippen LogP contribution in [0.2, 0.25) is 0 Å². The van der Waals surface area contributed by atoms with Crippen LogP contribution >= 0.6 is 0 Å². The van der Waals surface area contributed by atoms with Crippen molar-refractivity contribution in [1.29, 1.82) is 0 Å². The molecular weight excluding hydrogens is 410 g/mol. The van der Waals surface area contributed by atoms with Crippen molar-refractivity contribution in [3.63, 3.8) is 0 Å². The maximum absolute atomic E-state index is 12.4. The molecule has 0 aliphatic rings. The monoisotopic (exact) mass is 439 g/mol. The van der Waals surface area contributed by atoms with Crippen molar-refractivity contribution < 1.29 is 28.5 Å². The lowest BCUT2D eigenvalue weighted by atomic mass is 10.1. The summed E-state index contributed by atoms with van der Waals surface area (Å²) >= 11 is 0. The Balaban J connectivity index is 1.92. The van der Waals surface area contributed by atoms with Gasteiger partial charge in [-0.15, -0.1) is 13.2 Å². The first kappa shape index (κ1) is 24.7. The minimum atomic E-state index is -1.00. The quantitative estimate of drug-likeness (QED) is 0.305. The molecule has 0 fully saturated rings. The van der Waals surface area contributed by atoms with E-state index in [1.807, 2.05) is 12.1 Å². The molecule has 2 rings (SSSR count). The van der Waals surface area contributed by atoms with Gasteiger partial charge in [0.1, 0.15) is 6.04 Å². The van der Waals surface area contributed by atoms with Gasteiger partial charge in [-0.25, -0.2) is 4.79 Å². The number of carbonyl (C=O) groups excluding carboxylic acids is 2. The topological polar surface area (TPSA) is 97.1 Å². The van der Waals surface area contributed by atoms with E-state index in [1.54, 1.807) is 36.4 Å². The summed E-state index contributed by atoms with van der Waals surface area (Å²) in [5, 5.41) is 0. The normalized spacial score (nSPS) is 11.2. The van der Waals surface area contributed by atoms with Crippen molar-refractivity contribution in [1.82, 2.24) is 0 Å². The highest BCUT2D eigenvalue weighted by Gasteiger charge is 2.20. The zero-order valence-electron chi connectivity index (χ0n) is 18.5. The number of benzene rings is 2. The Hall–Kier alpha value is -3.58. The number of rotatable bonds is 12. The number of hydrogen-bond acceptors (Lipinski definition) is 7. The number of ether oxygens (including phenoxy) is 4. The van der Waals surface area contributed by atoms with E-state index in [2.05, 4.69) is 13.2 Å². The van der Waals surface area contributed by atoms with Gasteiger partial charge >= 0.3 is 11.9 Å². The average molecular weight is 440 g/mol. The summed E-state index contributed by atoms with van der Waals surface area (Å²) in [6.07, 6.45) is 4.86. The molecule has 32 heavy (non-hydrogen) atoms. The Labute approximate surface area is 188 Å². The largest absolute Gasteiger partial charge is 0.493 e. The Morgan fingerprint density at radius 2 is 1.38 bits per heavy atom. The van der Waals surface area contributed by atoms with Crippen LogP contribution in [0.4, 0.5) is 0 Å². The number of carbonyl (C=O) groups is 2. The van der Waals surface area contributed by atoms with Crippen LogP contribution in [0, 0.1) is 0 Å². The zero-order valence-corrected chi connectivity index (χ0v) is 18.5. The Morgan fingerprint density at radius 1 is 0.875 bits per heavy atom. The van der Waals surface area contributed by atoms with Crippen molar-refractivity contribution in [3.8, 4) is 23.0 Å². The van der Waals surface area contributed by atoms with Gasteiger partial charge < -0.3 is 24.7 Å². The average Bonchev–Trinajstić information content (AvgIpc) is 2.79. The van der Waals surface area contributed by atoms with Gasteiger partial charge in [0, 0.05) is 6.42 Å². The molecule has 0 saturated carbocycles. The van der Waals surface area contributed by atoms with Crippen molar-refractivity contribution >= 4 is 11.9 Å². The van der Waals surface area contributed by atoms with E-state index < -0.39 is 18.0 Å². The fourth-order valence-corrected chi connectivity index (χ4v) is 2.93. The van der Waals surface area contributed by atoms with Crippen LogP contribution in [0.25, 0.3) is 0 Å². The molecule has 170 valence electrons. The Bertz CT molecular complexity index is 969. The van der Waals surface area contributed by atoms with Gasteiger partial charge in [-0.2, -0.15) is 0 Å². The molecule has 2 N–H and O–H groups in total. The molecule has 7 heteroatoms. The molecule has 0 amide bonds. The lowest BCUT2D eigenvalue weighted by molar-refractivity contribution is -0.137. The van der Waals surface area contributed by atoms with Crippen LogP contribution in [0.15, 0.2) is 61.7 Å². The molecule has 2 aromatic rings. The molecule has 0 radical (unpaired) electrons. The zero-order chi connectivity index (χ0) is 23.5. The van der Waals surface area contributed by atoms with Gasteiger partial charge in [-0.1, -0.05) is 24.3 Å². The first-order valence-corrected chi connectivity index (χ1v) is 10.1. The number of methoxy groups -OCH3 is 2. The van der Waals surface area contributed by atoms with Crippen LogP contribution in [0.3, 0.4) is 0 Å². The molecular formula is C25H29NO6. The molecule has 1 atom stereocenters. The van der Waals surface area contributed by atoms with Crippen molar-refractivity contribution in [2.24, 2.45) is 5.73 Å². The summed E-state index contributed by atoms with van der Waals surface area (Å²) in [6, 6.07) is 9.47. The number of nitrogens with two attached hydrogens (primary N) is 1. The van der Waals surface area contributed by atoms with E-state index in [0.717, 1.165) is 11.1 Å². The second-order valence-corrected chi connectivity index (χ2v) is 7.00. The SMILES string of the molecule is C=CCc1ccc(OC(=O)CCC(N)C(=O)Oc2ccc(CC=C)cc2OC)c(OC)c1. The van der Waals surface area contributed by atoms with Crippen LogP contribution in [0.5, 0.6) is 23.0 Å². The Kier molecular flexibility index (Phi) is 9.50. The summed E-state index contributed by atoms with van der Waals surface area (Å²) in [5.74, 6) is 0.205. The third-order valence-electron chi connectivity index (χ3n) is 4.61. The molecule has 0 spiro atoms. The molecule has 0 bridgehead atoms. The number of allylic oxidation sites excluding steroid dienone is 2. The van der Waals surface area contributed by atoms with E-state index >= 15 is 0 Å². The van der Waals surface area contributed by atoms with Gasteiger partial charge in [-0.3, -0.25) is 4.79 Å². The standard InChI is InChI=1S/C25H29NO6/c1-5-7-17-9-12-20(22(15-17)29-3)31-24(27)14-11-19(26)25(28)32-21-13-10-18(8-6-2)16-23(21)30-4/h5-6,9-10,12-13,15-16,19H,1-2,7-8,11,14,26H2,3-4H3. The molecule has 0 heterocycles. The minimum absolute atomic E-state index is 0.0609. The van der Waals surface area contributed by atoms with Crippen molar-refractivity contribution in [2.45, 2.75) is 31.7 Å². The third-order valence-corrected chi connectivity index (χ3v) is 4.61. The third kappa shape index (κ3) is 6.99. The first-order chi connectivity index (χ1) is 15.4. The van der Waals surface area contributed by atoms with E-state index in [9.17, 15) is 9.59 Å². The van der Waals surface area contributed by atoms with Gasteiger partial charge in [0.25, 0.3) is 0 Å². The van der Waals surface area contributed by atoms with E-state index in [1.165, 1.54) is 14.2 Å². The van der Waals surface area contributed by atoms with Crippen molar-refractivity contribution in [2.75, 3.05) is 14.2 Å². The van der Waals surface area contributed by atoms with Crippen LogP contribution in [-0.4, -0.2) is 32.2 Å². The molecule has 0 aliphatic heterocycles. The highest BCUT2D eigenvalue weighted by Crippen LogP contribution is 2.30. The molecule has 1 unspecified atom stereocenters. The van der Waals surface area contributed by atoms with Crippen LogP contribution in [0.1, 0.15) is 24.0 Å². The second-order valence-electron chi connectivity index (χ2n) is 7.00. The highest BCUT2D eigenvalue weighted by atomic mass is 16.6. The smallest absolute Gasteiger partial charge is 0.328 e. The molecule has 0 aromatic heterocycles. The minimum Gasteiger partial charge on any atom is -0.493 e. The molecule has 0 aliphatic carbocycles. The summed E-state index contributed by atoms with van der Waals surface area (Å²) < 4.78 is 21.3. The summed E-state index contributed by atoms with van der Waals surface area (Å²) in [4.78, 5) is 24.6. The van der Waals surface area contributed by atoms with Gasteiger partial charge in [0.2, 0.25) is 0 Å². The molecule has 2 aromatic carbocycles. The predicted molar refractivity (Wildman–Crippen MR) is 122 cm³/mol. The Morgan fingerprint density at radius 3 is 1.84 bits per heavy atom. The van der Waals surface area contributed by atoms with Crippen molar-refractivity contribution in [3.05, 3.63) is 72.8 Å². The van der Waals surface area contributed by atoms with E-state index in [0.29, 0.717) is 30.1 Å². The van der Waals surface area contributed by atoms with Gasteiger partial charge in [0.15, 0.2) is 23.0 Å². The molecule has 0 saturated heterocycles. The van der Waals surface area contributed by atoms with Gasteiger partial charge in [0.05, 0.1) is 14.2 Å². The molecule has 7 nitrogen and oxygen atoms in total. The number of hydrogen-bond donors (Lipinski definition) is 1. The van der Waals surface area contributed by atoms with Crippen LogP contribution in [-0.2, 0) is 22.4 Å². The van der Waals surface area contributed by atoms with E-state index in [4.69, 9.17) is 24.7 Å². The summed E-state index contributed by atoms with van der Waals surface area (Å²) in [7, 11) is 2.98. The number of esters is 2. The van der Waals surface area contributed by atoms with Gasteiger partial charge in [-0.05, 0) is 54.7 Å². The maximum Gasteiger partial charge on any atom is 0.328 e. The van der Waals surface area contributed by atoms with E-state index in [-0.39, 0.29) is 18.6 Å². The lowest BCUT2D eigenvalue weighted by Gasteiger charge is -2.14. The second kappa shape index (κ2) is 12.3. The maximum atomic E-state index is 12.4. The lowest BCUT2D eigenvalue weighted by Crippen LogP contribution is -2.35. The fraction of sp³-hybridized carbons (Fsp3) is 0.280.